The van der Waals surface area contributed by atoms with Crippen molar-refractivity contribution in [3.8, 4) is 11.5 Å². The number of benzene rings is 4. The third kappa shape index (κ3) is 9.60. The molecule has 0 aliphatic rings. The van der Waals surface area contributed by atoms with Crippen LogP contribution in [0.1, 0.15) is 37.5 Å². The van der Waals surface area contributed by atoms with Gasteiger partial charge in [-0.3, -0.25) is 13.9 Å². The van der Waals surface area contributed by atoms with Crippen LogP contribution < -0.4 is 19.1 Å². The Morgan fingerprint density at radius 2 is 1.50 bits per heavy atom. The summed E-state index contributed by atoms with van der Waals surface area (Å²) in [6, 6.07) is 28.9. The first-order valence-corrected chi connectivity index (χ1v) is 17.5. The molecule has 1 N–H and O–H groups in total. The minimum Gasteiger partial charge on any atom is -0.497 e. The summed E-state index contributed by atoms with van der Waals surface area (Å²) in [5.41, 5.74) is 2.78. The number of nitrogens with one attached hydrogen (secondary N) is 1. The second-order valence-corrected chi connectivity index (χ2v) is 13.8. The molecular weight excluding hydrogens is 627 g/mol. The van der Waals surface area contributed by atoms with Gasteiger partial charge in [-0.15, -0.1) is 0 Å². The number of methoxy groups -OCH3 is 1. The monoisotopic (exact) mass is 671 g/mol. The van der Waals surface area contributed by atoms with E-state index in [1.54, 1.807) is 55.6 Å². The van der Waals surface area contributed by atoms with E-state index in [0.29, 0.717) is 24.7 Å². The van der Waals surface area contributed by atoms with Gasteiger partial charge in [-0.1, -0.05) is 74.0 Å². The minimum absolute atomic E-state index is 0.0460. The van der Waals surface area contributed by atoms with Crippen LogP contribution >= 0.6 is 0 Å². The molecule has 4 aromatic rings. The molecule has 0 aliphatic carbocycles. The van der Waals surface area contributed by atoms with E-state index >= 15 is 0 Å². The van der Waals surface area contributed by atoms with E-state index in [9.17, 15) is 18.0 Å². The summed E-state index contributed by atoms with van der Waals surface area (Å²) in [5.74, 6) is 0.496. The maximum absolute atomic E-state index is 14.6. The van der Waals surface area contributed by atoms with Crippen LogP contribution in [0, 0.1) is 12.8 Å². The van der Waals surface area contributed by atoms with Gasteiger partial charge in [0.2, 0.25) is 11.8 Å². The molecule has 4 aromatic carbocycles. The highest BCUT2D eigenvalue weighted by Gasteiger charge is 2.34. The van der Waals surface area contributed by atoms with E-state index in [1.807, 2.05) is 70.2 Å². The highest BCUT2D eigenvalue weighted by Crippen LogP contribution is 2.27. The SMILES string of the molecule is CCOc1ccc(N(CC(=O)N(Cc2cccc(OC)c2)C(Cc2ccccc2)C(=O)NCC(C)C)S(=O)(=O)c2ccc(C)cc2)cc1. The maximum Gasteiger partial charge on any atom is 0.264 e. The van der Waals surface area contributed by atoms with E-state index in [0.717, 1.165) is 21.0 Å². The lowest BCUT2D eigenvalue weighted by atomic mass is 10.0. The fourth-order valence-electron chi connectivity index (χ4n) is 5.19. The topological polar surface area (TPSA) is 105 Å². The van der Waals surface area contributed by atoms with Crippen LogP contribution in [0.4, 0.5) is 5.69 Å². The average Bonchev–Trinajstić information content (AvgIpc) is 3.08. The predicted molar refractivity (Wildman–Crippen MR) is 189 cm³/mol. The average molecular weight is 672 g/mol. The summed E-state index contributed by atoms with van der Waals surface area (Å²) in [7, 11) is -2.65. The zero-order valence-corrected chi connectivity index (χ0v) is 29.1. The number of nitrogens with zero attached hydrogens (tertiary/aromatic N) is 2. The number of sulfonamides is 1. The first-order chi connectivity index (χ1) is 23.0. The lowest BCUT2D eigenvalue weighted by Gasteiger charge is -2.34. The Morgan fingerprint density at radius 1 is 0.833 bits per heavy atom. The van der Waals surface area contributed by atoms with Crippen LogP contribution in [0.3, 0.4) is 0 Å². The molecular formula is C38H45N3O6S. The fourth-order valence-corrected chi connectivity index (χ4v) is 6.60. The molecule has 10 heteroatoms. The van der Waals surface area contributed by atoms with E-state index in [1.165, 1.54) is 17.0 Å². The van der Waals surface area contributed by atoms with Gasteiger partial charge in [0.15, 0.2) is 0 Å². The number of amides is 2. The van der Waals surface area contributed by atoms with Gasteiger partial charge in [0.25, 0.3) is 10.0 Å². The Morgan fingerprint density at radius 3 is 2.12 bits per heavy atom. The van der Waals surface area contributed by atoms with E-state index in [4.69, 9.17) is 9.47 Å². The number of hydrogen-bond donors (Lipinski definition) is 1. The van der Waals surface area contributed by atoms with Crippen LogP contribution in [-0.4, -0.2) is 58.0 Å². The van der Waals surface area contributed by atoms with Crippen molar-refractivity contribution in [1.82, 2.24) is 10.2 Å². The van der Waals surface area contributed by atoms with Crippen molar-refractivity contribution >= 4 is 27.5 Å². The molecule has 1 unspecified atom stereocenters. The number of carbonyl (C=O) groups excluding carboxylic acids is 2. The second-order valence-electron chi connectivity index (χ2n) is 12.0. The normalized spacial score (nSPS) is 11.9. The van der Waals surface area contributed by atoms with Crippen LogP contribution in [0.15, 0.2) is 108 Å². The van der Waals surface area contributed by atoms with E-state index < -0.39 is 28.5 Å². The van der Waals surface area contributed by atoms with Crippen LogP contribution in [0.2, 0.25) is 0 Å². The molecule has 0 aliphatic heterocycles. The molecule has 0 aromatic heterocycles. The third-order valence-corrected chi connectivity index (χ3v) is 9.55. The summed E-state index contributed by atoms with van der Waals surface area (Å²) in [6.45, 7) is 8.10. The van der Waals surface area contributed by atoms with Gasteiger partial charge in [-0.2, -0.15) is 0 Å². The van der Waals surface area contributed by atoms with Gasteiger partial charge in [0.1, 0.15) is 24.1 Å². The molecule has 4 rings (SSSR count). The lowest BCUT2D eigenvalue weighted by molar-refractivity contribution is -0.140. The molecule has 9 nitrogen and oxygen atoms in total. The van der Waals surface area contributed by atoms with Gasteiger partial charge < -0.3 is 19.7 Å². The molecule has 0 bridgehead atoms. The van der Waals surface area contributed by atoms with Crippen molar-refractivity contribution in [2.75, 3.05) is 31.1 Å². The Labute approximate surface area is 284 Å². The van der Waals surface area contributed by atoms with Crippen molar-refractivity contribution in [3.05, 3.63) is 120 Å². The number of hydrogen-bond acceptors (Lipinski definition) is 6. The Hall–Kier alpha value is -4.83. The van der Waals surface area contributed by atoms with Crippen molar-refractivity contribution in [2.24, 2.45) is 5.92 Å². The smallest absolute Gasteiger partial charge is 0.264 e. The standard InChI is InChI=1S/C38H45N3O6S/c1-6-47-33-19-17-32(18-20-33)41(48(44,45)35-21-15-29(4)16-22-35)27-37(42)40(26-31-13-10-14-34(23-31)46-5)36(38(43)39-25-28(2)3)24-30-11-8-7-9-12-30/h7-23,28,36H,6,24-27H2,1-5H3,(H,39,43). The number of ether oxygens (including phenoxy) is 2. The Kier molecular flexibility index (Phi) is 12.6. The number of aryl methyl sites for hydroxylation is 1. The van der Waals surface area contributed by atoms with Crippen LogP contribution in [0.5, 0.6) is 11.5 Å². The molecule has 0 fully saturated rings. The zero-order chi connectivity index (χ0) is 34.7. The van der Waals surface area contributed by atoms with E-state index in [-0.39, 0.29) is 35.4 Å². The molecule has 0 saturated heterocycles. The predicted octanol–water partition coefficient (Wildman–Crippen LogP) is 6.01. The number of rotatable bonds is 16. The molecule has 254 valence electrons. The molecule has 0 spiro atoms. The summed E-state index contributed by atoms with van der Waals surface area (Å²) in [4.78, 5) is 30.1. The highest BCUT2D eigenvalue weighted by molar-refractivity contribution is 7.92. The minimum atomic E-state index is -4.21. The zero-order valence-electron chi connectivity index (χ0n) is 28.3. The molecule has 0 heterocycles. The quantitative estimate of drug-likeness (QED) is 0.157. The van der Waals surface area contributed by atoms with Gasteiger partial charge in [0, 0.05) is 19.5 Å². The summed E-state index contributed by atoms with van der Waals surface area (Å²) < 4.78 is 40.6. The largest absolute Gasteiger partial charge is 0.497 e. The lowest BCUT2D eigenvalue weighted by Crippen LogP contribution is -2.53. The van der Waals surface area contributed by atoms with Gasteiger partial charge >= 0.3 is 0 Å². The third-order valence-electron chi connectivity index (χ3n) is 7.77. The maximum atomic E-state index is 14.6. The second kappa shape index (κ2) is 16.8. The van der Waals surface area contributed by atoms with Crippen molar-refractivity contribution in [2.45, 2.75) is 51.6 Å². The first kappa shape index (κ1) is 36.0. The Bertz CT molecular complexity index is 1740. The highest BCUT2D eigenvalue weighted by atomic mass is 32.2. The van der Waals surface area contributed by atoms with Gasteiger partial charge in [0.05, 0.1) is 24.3 Å². The Balaban J connectivity index is 1.81. The molecule has 2 amide bonds. The summed E-state index contributed by atoms with van der Waals surface area (Å²) in [5, 5.41) is 3.01. The molecule has 0 saturated carbocycles. The fraction of sp³-hybridized carbons (Fsp3) is 0.316. The van der Waals surface area contributed by atoms with Crippen LogP contribution in [0.25, 0.3) is 0 Å². The van der Waals surface area contributed by atoms with Crippen molar-refractivity contribution in [1.29, 1.82) is 0 Å². The van der Waals surface area contributed by atoms with Crippen molar-refractivity contribution in [3.63, 3.8) is 0 Å². The molecule has 48 heavy (non-hydrogen) atoms. The first-order valence-electron chi connectivity index (χ1n) is 16.1. The van der Waals surface area contributed by atoms with Gasteiger partial charge in [-0.25, -0.2) is 8.42 Å². The van der Waals surface area contributed by atoms with Crippen molar-refractivity contribution < 1.29 is 27.5 Å². The number of anilines is 1. The van der Waals surface area contributed by atoms with Gasteiger partial charge in [-0.05, 0) is 79.4 Å². The summed E-state index contributed by atoms with van der Waals surface area (Å²) in [6.07, 6.45) is 0.230. The van der Waals surface area contributed by atoms with Crippen LogP contribution in [-0.2, 0) is 32.6 Å². The van der Waals surface area contributed by atoms with E-state index in [2.05, 4.69) is 5.32 Å². The molecule has 1 atom stereocenters. The molecule has 0 radical (unpaired) electrons. The number of carbonyl (C=O) groups is 2. The summed E-state index contributed by atoms with van der Waals surface area (Å²) >= 11 is 0.